The SMILES string of the molecule is Cn1ccnc1C(=O)Cc1c(F)ccc(Br)c1F. The summed E-state index contributed by atoms with van der Waals surface area (Å²) in [5, 5.41) is 0. The van der Waals surface area contributed by atoms with Gasteiger partial charge in [0.2, 0.25) is 5.78 Å². The van der Waals surface area contributed by atoms with Crippen LogP contribution < -0.4 is 0 Å². The fourth-order valence-electron chi connectivity index (χ4n) is 1.61. The number of imidazole rings is 1. The second-order valence-corrected chi connectivity index (χ2v) is 4.64. The number of aromatic nitrogens is 2. The van der Waals surface area contributed by atoms with Crippen LogP contribution in [0.1, 0.15) is 16.2 Å². The van der Waals surface area contributed by atoms with Gasteiger partial charge in [-0.15, -0.1) is 0 Å². The second-order valence-electron chi connectivity index (χ2n) is 3.78. The number of halogens is 3. The Morgan fingerprint density at radius 1 is 1.44 bits per heavy atom. The quantitative estimate of drug-likeness (QED) is 0.645. The molecular weight excluding hydrogens is 306 g/mol. The van der Waals surface area contributed by atoms with Gasteiger partial charge in [0.05, 0.1) is 4.47 Å². The lowest BCUT2D eigenvalue weighted by Gasteiger charge is -2.06. The zero-order valence-electron chi connectivity index (χ0n) is 9.45. The molecule has 3 nitrogen and oxygen atoms in total. The van der Waals surface area contributed by atoms with Crippen LogP contribution in [-0.4, -0.2) is 15.3 Å². The van der Waals surface area contributed by atoms with Gasteiger partial charge in [-0.05, 0) is 28.1 Å². The molecule has 0 aliphatic carbocycles. The summed E-state index contributed by atoms with van der Waals surface area (Å²) in [6, 6.07) is 2.38. The van der Waals surface area contributed by atoms with Gasteiger partial charge in [-0.1, -0.05) is 0 Å². The average Bonchev–Trinajstić information content (AvgIpc) is 2.76. The molecule has 0 aliphatic rings. The Hall–Kier alpha value is -1.56. The maximum absolute atomic E-state index is 13.7. The molecule has 18 heavy (non-hydrogen) atoms. The van der Waals surface area contributed by atoms with E-state index in [0.717, 1.165) is 6.07 Å². The fourth-order valence-corrected chi connectivity index (χ4v) is 1.98. The molecule has 6 heteroatoms. The van der Waals surface area contributed by atoms with Crippen molar-refractivity contribution in [3.8, 4) is 0 Å². The summed E-state index contributed by atoms with van der Waals surface area (Å²) in [6.45, 7) is 0. The third-order valence-electron chi connectivity index (χ3n) is 2.55. The average molecular weight is 315 g/mol. The van der Waals surface area contributed by atoms with E-state index in [0.29, 0.717) is 0 Å². The molecule has 0 saturated carbocycles. The molecule has 0 radical (unpaired) electrons. The van der Waals surface area contributed by atoms with E-state index < -0.39 is 17.4 Å². The van der Waals surface area contributed by atoms with Gasteiger partial charge in [0.1, 0.15) is 11.6 Å². The number of hydrogen-bond donors (Lipinski definition) is 0. The molecule has 1 heterocycles. The molecule has 0 spiro atoms. The van der Waals surface area contributed by atoms with Crippen LogP contribution in [0.25, 0.3) is 0 Å². The second kappa shape index (κ2) is 4.97. The van der Waals surface area contributed by atoms with Crippen LogP contribution in [0.5, 0.6) is 0 Å². The molecule has 0 N–H and O–H groups in total. The zero-order valence-corrected chi connectivity index (χ0v) is 11.0. The van der Waals surface area contributed by atoms with Gasteiger partial charge in [0.25, 0.3) is 0 Å². The van der Waals surface area contributed by atoms with Crippen molar-refractivity contribution in [2.45, 2.75) is 6.42 Å². The Morgan fingerprint density at radius 3 is 2.78 bits per heavy atom. The van der Waals surface area contributed by atoms with E-state index in [2.05, 4.69) is 20.9 Å². The van der Waals surface area contributed by atoms with Gasteiger partial charge in [0, 0.05) is 31.4 Å². The number of carbonyl (C=O) groups is 1. The minimum atomic E-state index is -0.752. The van der Waals surface area contributed by atoms with Crippen LogP contribution in [-0.2, 0) is 13.5 Å². The smallest absolute Gasteiger partial charge is 0.202 e. The lowest BCUT2D eigenvalue weighted by Crippen LogP contribution is -2.12. The Balaban J connectivity index is 2.33. The van der Waals surface area contributed by atoms with Crippen molar-refractivity contribution in [3.05, 3.63) is 52.0 Å². The summed E-state index contributed by atoms with van der Waals surface area (Å²) in [4.78, 5) is 15.7. The molecule has 2 aromatic rings. The summed E-state index contributed by atoms with van der Waals surface area (Å²) in [6.07, 6.45) is 2.70. The third kappa shape index (κ3) is 2.33. The first-order chi connectivity index (χ1) is 8.50. The van der Waals surface area contributed by atoms with E-state index in [-0.39, 0.29) is 22.3 Å². The van der Waals surface area contributed by atoms with E-state index in [1.807, 2.05) is 0 Å². The zero-order chi connectivity index (χ0) is 13.3. The van der Waals surface area contributed by atoms with E-state index in [1.54, 1.807) is 13.2 Å². The number of Topliss-reactive ketones (excluding diaryl/α,β-unsaturated/α-hetero) is 1. The number of nitrogens with zero attached hydrogens (tertiary/aromatic N) is 2. The largest absolute Gasteiger partial charge is 0.332 e. The normalized spacial score (nSPS) is 10.7. The number of rotatable bonds is 3. The summed E-state index contributed by atoms with van der Waals surface area (Å²) >= 11 is 2.96. The van der Waals surface area contributed by atoms with Crippen LogP contribution in [0.4, 0.5) is 8.78 Å². The molecule has 0 aliphatic heterocycles. The van der Waals surface area contributed by atoms with Crippen molar-refractivity contribution in [1.82, 2.24) is 9.55 Å². The van der Waals surface area contributed by atoms with Gasteiger partial charge in [-0.2, -0.15) is 0 Å². The summed E-state index contributed by atoms with van der Waals surface area (Å²) in [5.41, 5.74) is -0.252. The molecule has 1 aromatic carbocycles. The molecule has 0 unspecified atom stereocenters. The van der Waals surface area contributed by atoms with Crippen molar-refractivity contribution < 1.29 is 13.6 Å². The van der Waals surface area contributed by atoms with Crippen LogP contribution in [0, 0.1) is 11.6 Å². The van der Waals surface area contributed by atoms with Gasteiger partial charge in [-0.3, -0.25) is 4.79 Å². The number of aryl methyl sites for hydroxylation is 1. The minimum absolute atomic E-state index is 0.131. The van der Waals surface area contributed by atoms with Crippen molar-refractivity contribution in [2.75, 3.05) is 0 Å². The van der Waals surface area contributed by atoms with E-state index in [1.165, 1.54) is 16.8 Å². The molecule has 0 bridgehead atoms. The number of hydrogen-bond acceptors (Lipinski definition) is 2. The maximum atomic E-state index is 13.7. The molecule has 0 saturated heterocycles. The Bertz CT molecular complexity index is 610. The Kier molecular flexibility index (Phi) is 3.56. The van der Waals surface area contributed by atoms with E-state index in [9.17, 15) is 13.6 Å². The van der Waals surface area contributed by atoms with Crippen LogP contribution in [0.3, 0.4) is 0 Å². The monoisotopic (exact) mass is 314 g/mol. The molecule has 0 amide bonds. The predicted octanol–water partition coefficient (Wildman–Crippen LogP) is 2.89. The number of ketones is 1. The number of carbonyl (C=O) groups excluding carboxylic acids is 1. The highest BCUT2D eigenvalue weighted by atomic mass is 79.9. The summed E-state index contributed by atoms with van der Waals surface area (Å²) in [7, 11) is 1.65. The van der Waals surface area contributed by atoms with Crippen LogP contribution in [0.15, 0.2) is 29.0 Å². The molecule has 0 fully saturated rings. The first-order valence-corrected chi connectivity index (χ1v) is 5.93. The highest BCUT2D eigenvalue weighted by Crippen LogP contribution is 2.22. The highest BCUT2D eigenvalue weighted by Gasteiger charge is 2.19. The number of benzene rings is 1. The fraction of sp³-hybridized carbons (Fsp3) is 0.167. The topological polar surface area (TPSA) is 34.9 Å². The summed E-state index contributed by atoms with van der Waals surface area (Å²) in [5.74, 6) is -1.75. The molecule has 1 aromatic heterocycles. The molecule has 94 valence electrons. The van der Waals surface area contributed by atoms with Crippen molar-refractivity contribution in [1.29, 1.82) is 0 Å². The van der Waals surface area contributed by atoms with Crippen molar-refractivity contribution in [2.24, 2.45) is 7.05 Å². The van der Waals surface area contributed by atoms with Crippen LogP contribution in [0.2, 0.25) is 0 Å². The first-order valence-electron chi connectivity index (χ1n) is 5.13. The van der Waals surface area contributed by atoms with Crippen molar-refractivity contribution >= 4 is 21.7 Å². The Labute approximate surface area is 111 Å². The van der Waals surface area contributed by atoms with Gasteiger partial charge < -0.3 is 4.57 Å². The van der Waals surface area contributed by atoms with Gasteiger partial charge in [0.15, 0.2) is 5.82 Å². The first kappa shape index (κ1) is 12.9. The minimum Gasteiger partial charge on any atom is -0.332 e. The third-order valence-corrected chi connectivity index (χ3v) is 3.16. The van der Waals surface area contributed by atoms with E-state index in [4.69, 9.17) is 0 Å². The lowest BCUT2D eigenvalue weighted by molar-refractivity contribution is 0.0977. The standard InChI is InChI=1S/C12H9BrF2N2O/c1-17-5-4-16-12(17)10(18)6-7-9(14)3-2-8(13)11(7)15/h2-5H,6H2,1H3. The van der Waals surface area contributed by atoms with E-state index >= 15 is 0 Å². The maximum Gasteiger partial charge on any atom is 0.202 e. The lowest BCUT2D eigenvalue weighted by atomic mass is 10.1. The van der Waals surface area contributed by atoms with Crippen LogP contribution >= 0.6 is 15.9 Å². The van der Waals surface area contributed by atoms with Gasteiger partial charge in [-0.25, -0.2) is 13.8 Å². The molecule has 0 atom stereocenters. The highest BCUT2D eigenvalue weighted by molar-refractivity contribution is 9.10. The van der Waals surface area contributed by atoms with Gasteiger partial charge >= 0.3 is 0 Å². The Morgan fingerprint density at radius 2 is 2.17 bits per heavy atom. The summed E-state index contributed by atoms with van der Waals surface area (Å²) < 4.78 is 28.8. The predicted molar refractivity (Wildman–Crippen MR) is 65.3 cm³/mol. The molecule has 2 rings (SSSR count). The van der Waals surface area contributed by atoms with Crippen molar-refractivity contribution in [3.63, 3.8) is 0 Å². The molecular formula is C12H9BrF2N2O.